The van der Waals surface area contributed by atoms with Crippen molar-refractivity contribution in [2.24, 2.45) is 11.3 Å². The molecule has 5 nitrogen and oxygen atoms in total. The highest BCUT2D eigenvalue weighted by Gasteiger charge is 2.34. The molecule has 0 aromatic heterocycles. The van der Waals surface area contributed by atoms with E-state index in [0.29, 0.717) is 5.92 Å². The zero-order chi connectivity index (χ0) is 13.2. The van der Waals surface area contributed by atoms with Crippen molar-refractivity contribution in [1.29, 1.82) is 0 Å². The molecule has 2 amide bonds. The molecule has 0 spiro atoms. The van der Waals surface area contributed by atoms with Crippen LogP contribution < -0.4 is 10.6 Å². The molecule has 0 aliphatic heterocycles. The minimum atomic E-state index is -1.01. The number of carbonyl (C=O) groups excluding carboxylic acids is 1. The van der Waals surface area contributed by atoms with Crippen molar-refractivity contribution in [2.45, 2.75) is 52.6 Å². The summed E-state index contributed by atoms with van der Waals surface area (Å²) >= 11 is 0. The second kappa shape index (κ2) is 4.94. The maximum absolute atomic E-state index is 11.7. The van der Waals surface area contributed by atoms with Gasteiger partial charge in [0.05, 0.1) is 0 Å². The molecule has 0 aromatic rings. The quantitative estimate of drug-likeness (QED) is 0.700. The topological polar surface area (TPSA) is 78.4 Å². The Morgan fingerprint density at radius 1 is 1.24 bits per heavy atom. The summed E-state index contributed by atoms with van der Waals surface area (Å²) in [7, 11) is 0. The van der Waals surface area contributed by atoms with Gasteiger partial charge in [-0.2, -0.15) is 0 Å². The van der Waals surface area contributed by atoms with Crippen LogP contribution in [0.25, 0.3) is 0 Å². The normalized spacial score (nSPS) is 19.3. The molecule has 1 saturated carbocycles. The maximum atomic E-state index is 11.7. The maximum Gasteiger partial charge on any atom is 0.326 e. The lowest BCUT2D eigenvalue weighted by atomic mass is 9.87. The van der Waals surface area contributed by atoms with Crippen LogP contribution in [-0.2, 0) is 4.79 Å². The number of urea groups is 1. The Morgan fingerprint density at radius 3 is 2.12 bits per heavy atom. The fourth-order valence-electron chi connectivity index (χ4n) is 1.74. The third-order valence-corrected chi connectivity index (χ3v) is 3.08. The van der Waals surface area contributed by atoms with Gasteiger partial charge in [-0.1, -0.05) is 20.8 Å². The standard InChI is InChI=1S/C12H22N2O3/c1-7(8-5-6-8)13-11(17)14-9(10(15)16)12(2,3)4/h7-9H,5-6H2,1-4H3,(H,15,16)(H2,13,14,17)/t7?,9-/m0/s1. The number of rotatable bonds is 4. The van der Waals surface area contributed by atoms with Crippen molar-refractivity contribution in [3.8, 4) is 0 Å². The molecule has 1 fully saturated rings. The summed E-state index contributed by atoms with van der Waals surface area (Å²) in [5.41, 5.74) is -0.508. The molecule has 1 rings (SSSR count). The highest BCUT2D eigenvalue weighted by molar-refractivity contribution is 5.83. The summed E-state index contributed by atoms with van der Waals surface area (Å²) in [5.74, 6) is -0.453. The summed E-state index contributed by atoms with van der Waals surface area (Å²) in [6.45, 7) is 7.31. The average molecular weight is 242 g/mol. The van der Waals surface area contributed by atoms with E-state index in [1.165, 1.54) is 0 Å². The van der Waals surface area contributed by atoms with E-state index in [-0.39, 0.29) is 6.04 Å². The second-order valence-electron chi connectivity index (χ2n) is 5.88. The van der Waals surface area contributed by atoms with E-state index in [0.717, 1.165) is 12.8 Å². The van der Waals surface area contributed by atoms with Crippen LogP contribution in [0.4, 0.5) is 4.79 Å². The Morgan fingerprint density at radius 2 is 1.76 bits per heavy atom. The minimum Gasteiger partial charge on any atom is -0.480 e. The highest BCUT2D eigenvalue weighted by atomic mass is 16.4. The molecule has 1 aliphatic carbocycles. The van der Waals surface area contributed by atoms with Crippen molar-refractivity contribution in [1.82, 2.24) is 10.6 Å². The predicted octanol–water partition coefficient (Wildman–Crippen LogP) is 1.58. The van der Waals surface area contributed by atoms with E-state index in [9.17, 15) is 9.59 Å². The molecule has 3 N–H and O–H groups in total. The van der Waals surface area contributed by atoms with Gasteiger partial charge < -0.3 is 15.7 Å². The Labute approximate surface area is 102 Å². The van der Waals surface area contributed by atoms with E-state index in [1.54, 1.807) is 20.8 Å². The number of aliphatic carboxylic acids is 1. The molecule has 1 unspecified atom stereocenters. The van der Waals surface area contributed by atoms with Crippen LogP contribution in [-0.4, -0.2) is 29.2 Å². The fourth-order valence-corrected chi connectivity index (χ4v) is 1.74. The average Bonchev–Trinajstić information content (AvgIpc) is 2.94. The molecule has 0 bridgehead atoms. The van der Waals surface area contributed by atoms with Crippen molar-refractivity contribution >= 4 is 12.0 Å². The van der Waals surface area contributed by atoms with Gasteiger partial charge in [-0.15, -0.1) is 0 Å². The van der Waals surface area contributed by atoms with Crippen LogP contribution >= 0.6 is 0 Å². The number of hydrogen-bond donors (Lipinski definition) is 3. The first-order chi connectivity index (χ1) is 7.71. The van der Waals surface area contributed by atoms with E-state index in [1.807, 2.05) is 6.92 Å². The third-order valence-electron chi connectivity index (χ3n) is 3.08. The van der Waals surface area contributed by atoms with E-state index in [2.05, 4.69) is 10.6 Å². The van der Waals surface area contributed by atoms with Crippen molar-refractivity contribution in [3.05, 3.63) is 0 Å². The van der Waals surface area contributed by atoms with Crippen LogP contribution in [0.2, 0.25) is 0 Å². The van der Waals surface area contributed by atoms with Crippen LogP contribution in [0, 0.1) is 11.3 Å². The van der Waals surface area contributed by atoms with Crippen molar-refractivity contribution in [2.75, 3.05) is 0 Å². The summed E-state index contributed by atoms with van der Waals surface area (Å²) in [6, 6.07) is -1.16. The molecular weight excluding hydrogens is 220 g/mol. The van der Waals surface area contributed by atoms with Gasteiger partial charge in [-0.25, -0.2) is 9.59 Å². The number of amides is 2. The van der Waals surface area contributed by atoms with Crippen molar-refractivity contribution in [3.63, 3.8) is 0 Å². The second-order valence-corrected chi connectivity index (χ2v) is 5.88. The van der Waals surface area contributed by atoms with E-state index in [4.69, 9.17) is 5.11 Å². The molecule has 98 valence electrons. The third kappa shape index (κ3) is 4.24. The fraction of sp³-hybridized carbons (Fsp3) is 0.833. The van der Waals surface area contributed by atoms with Crippen LogP contribution in [0.15, 0.2) is 0 Å². The van der Waals surface area contributed by atoms with Gasteiger partial charge in [-0.3, -0.25) is 0 Å². The zero-order valence-corrected chi connectivity index (χ0v) is 10.9. The number of nitrogens with one attached hydrogen (secondary N) is 2. The van der Waals surface area contributed by atoms with Gasteiger partial charge in [-0.05, 0) is 31.1 Å². The molecule has 1 aliphatic rings. The molecule has 17 heavy (non-hydrogen) atoms. The Bertz CT molecular complexity index is 305. The van der Waals surface area contributed by atoms with E-state index < -0.39 is 23.5 Å². The minimum absolute atomic E-state index is 0.115. The largest absolute Gasteiger partial charge is 0.480 e. The molecule has 0 aromatic carbocycles. The molecule has 0 radical (unpaired) electrons. The first-order valence-electron chi connectivity index (χ1n) is 6.01. The first kappa shape index (κ1) is 13.8. The van der Waals surface area contributed by atoms with Gasteiger partial charge in [0.1, 0.15) is 6.04 Å². The summed E-state index contributed by atoms with van der Waals surface area (Å²) in [5, 5.41) is 14.4. The Hall–Kier alpha value is -1.26. The van der Waals surface area contributed by atoms with Gasteiger partial charge >= 0.3 is 12.0 Å². The van der Waals surface area contributed by atoms with Gasteiger partial charge in [0.25, 0.3) is 0 Å². The Kier molecular flexibility index (Phi) is 4.01. The van der Waals surface area contributed by atoms with Crippen molar-refractivity contribution < 1.29 is 14.7 Å². The van der Waals surface area contributed by atoms with E-state index >= 15 is 0 Å². The molecule has 0 heterocycles. The van der Waals surface area contributed by atoms with Gasteiger partial charge in [0.15, 0.2) is 0 Å². The molecule has 0 saturated heterocycles. The predicted molar refractivity (Wildman–Crippen MR) is 64.7 cm³/mol. The lowest BCUT2D eigenvalue weighted by Crippen LogP contribution is -2.53. The number of hydrogen-bond acceptors (Lipinski definition) is 2. The van der Waals surface area contributed by atoms with Crippen LogP contribution in [0.3, 0.4) is 0 Å². The van der Waals surface area contributed by atoms with Crippen LogP contribution in [0.1, 0.15) is 40.5 Å². The SMILES string of the molecule is CC(NC(=O)N[C@@H](C(=O)O)C(C)(C)C)C1CC1. The van der Waals surface area contributed by atoms with Gasteiger partial charge in [0.2, 0.25) is 0 Å². The lowest BCUT2D eigenvalue weighted by molar-refractivity contribution is -0.141. The summed E-state index contributed by atoms with van der Waals surface area (Å²) in [4.78, 5) is 22.7. The molecule has 5 heteroatoms. The summed E-state index contributed by atoms with van der Waals surface area (Å²) < 4.78 is 0. The highest BCUT2D eigenvalue weighted by Crippen LogP contribution is 2.32. The first-order valence-corrected chi connectivity index (χ1v) is 6.01. The Balaban J connectivity index is 2.49. The summed E-state index contributed by atoms with van der Waals surface area (Å²) in [6.07, 6.45) is 2.28. The lowest BCUT2D eigenvalue weighted by Gasteiger charge is -2.28. The monoisotopic (exact) mass is 242 g/mol. The van der Waals surface area contributed by atoms with Gasteiger partial charge in [0, 0.05) is 6.04 Å². The van der Waals surface area contributed by atoms with Crippen LogP contribution in [0.5, 0.6) is 0 Å². The number of carbonyl (C=O) groups is 2. The number of carboxylic acids is 1. The number of carboxylic acid groups (broad SMARTS) is 1. The molecule has 2 atom stereocenters. The molecular formula is C12H22N2O3. The smallest absolute Gasteiger partial charge is 0.326 e. The zero-order valence-electron chi connectivity index (χ0n) is 10.9.